The van der Waals surface area contributed by atoms with Gasteiger partial charge in [-0.2, -0.15) is 0 Å². The zero-order valence-electron chi connectivity index (χ0n) is 10.5. The van der Waals surface area contributed by atoms with E-state index < -0.39 is 6.29 Å². The molecule has 0 radical (unpaired) electrons. The predicted octanol–water partition coefficient (Wildman–Crippen LogP) is 1.94. The number of nitrogens with zero attached hydrogens (tertiary/aromatic N) is 3. The van der Waals surface area contributed by atoms with Crippen LogP contribution in [0.4, 0.5) is 0 Å². The van der Waals surface area contributed by atoms with Crippen LogP contribution in [0.5, 0.6) is 0 Å². The van der Waals surface area contributed by atoms with Crippen LogP contribution in [0.3, 0.4) is 0 Å². The average Bonchev–Trinajstić information content (AvgIpc) is 2.38. The minimum atomic E-state index is -0.403. The number of hydrogen-bond donors (Lipinski definition) is 0. The molecule has 1 rings (SSSR count). The molecular formula is C11H17N3O4. The van der Waals surface area contributed by atoms with E-state index in [1.54, 1.807) is 19.9 Å². The van der Waals surface area contributed by atoms with Gasteiger partial charge < -0.3 is 14.2 Å². The van der Waals surface area contributed by atoms with Gasteiger partial charge in [0.15, 0.2) is 6.29 Å². The summed E-state index contributed by atoms with van der Waals surface area (Å²) in [5, 5.41) is 3.51. The van der Waals surface area contributed by atoms with Gasteiger partial charge in [0, 0.05) is 16.9 Å². The van der Waals surface area contributed by atoms with Crippen molar-refractivity contribution in [2.45, 2.75) is 32.6 Å². The molecule has 0 spiro atoms. The lowest BCUT2D eigenvalue weighted by atomic mass is 10.2. The van der Waals surface area contributed by atoms with E-state index in [1.807, 2.05) is 0 Å². The van der Waals surface area contributed by atoms with E-state index in [9.17, 15) is 4.79 Å². The van der Waals surface area contributed by atoms with Crippen LogP contribution in [-0.4, -0.2) is 38.1 Å². The molecule has 0 saturated carbocycles. The molecule has 0 aromatic carbocycles. The maximum atomic E-state index is 11.3. The quantitative estimate of drug-likeness (QED) is 0.246. The second-order valence-corrected chi connectivity index (χ2v) is 3.80. The van der Waals surface area contributed by atoms with Crippen LogP contribution in [-0.2, 0) is 19.0 Å². The first kappa shape index (κ1) is 14.5. The molecule has 0 aromatic heterocycles. The van der Waals surface area contributed by atoms with Crippen molar-refractivity contribution in [2.75, 3.05) is 19.8 Å². The van der Waals surface area contributed by atoms with Gasteiger partial charge in [-0.3, -0.25) is 0 Å². The van der Waals surface area contributed by atoms with Crippen molar-refractivity contribution >= 4 is 5.97 Å². The van der Waals surface area contributed by atoms with Crippen LogP contribution in [0.15, 0.2) is 16.8 Å². The van der Waals surface area contributed by atoms with Crippen molar-refractivity contribution in [3.05, 3.63) is 22.1 Å². The Hall–Kier alpha value is -1.56. The third-order valence-electron chi connectivity index (χ3n) is 2.38. The maximum absolute atomic E-state index is 11.3. The zero-order valence-corrected chi connectivity index (χ0v) is 10.5. The van der Waals surface area contributed by atoms with E-state index in [2.05, 4.69) is 10.0 Å². The molecule has 0 aromatic rings. The van der Waals surface area contributed by atoms with Crippen molar-refractivity contribution in [3.8, 4) is 0 Å². The standard InChI is InChI=1S/C11H17N3O4/c1-3-16-11(15)8(2)4-5-10-17-6-9(7-18-10)13-14-12/h4,9-10H,3,5-7H2,1-2H3. The first-order valence-electron chi connectivity index (χ1n) is 5.78. The lowest BCUT2D eigenvalue weighted by molar-refractivity contribution is -0.182. The molecule has 7 heteroatoms. The number of hydrogen-bond acceptors (Lipinski definition) is 5. The highest BCUT2D eigenvalue weighted by atomic mass is 16.7. The monoisotopic (exact) mass is 255 g/mol. The highest BCUT2D eigenvalue weighted by Crippen LogP contribution is 2.13. The van der Waals surface area contributed by atoms with Gasteiger partial charge in [-0.05, 0) is 19.4 Å². The Balaban J connectivity index is 2.35. The van der Waals surface area contributed by atoms with Crippen LogP contribution in [0, 0.1) is 0 Å². The zero-order chi connectivity index (χ0) is 13.4. The van der Waals surface area contributed by atoms with Crippen LogP contribution in [0.2, 0.25) is 0 Å². The summed E-state index contributed by atoms with van der Waals surface area (Å²) in [6, 6.07) is -0.276. The largest absolute Gasteiger partial charge is 0.463 e. The predicted molar refractivity (Wildman–Crippen MR) is 63.6 cm³/mol. The number of carbonyl (C=O) groups excluding carboxylic acids is 1. The molecular weight excluding hydrogens is 238 g/mol. The topological polar surface area (TPSA) is 93.5 Å². The minimum Gasteiger partial charge on any atom is -0.463 e. The fraction of sp³-hybridized carbons (Fsp3) is 0.727. The molecule has 0 unspecified atom stereocenters. The summed E-state index contributed by atoms with van der Waals surface area (Å²) in [6.45, 7) is 4.47. The van der Waals surface area contributed by atoms with Crippen LogP contribution >= 0.6 is 0 Å². The molecule has 1 heterocycles. The van der Waals surface area contributed by atoms with E-state index >= 15 is 0 Å². The molecule has 1 aliphatic rings. The van der Waals surface area contributed by atoms with Crippen molar-refractivity contribution < 1.29 is 19.0 Å². The lowest BCUT2D eigenvalue weighted by Crippen LogP contribution is -2.34. The second-order valence-electron chi connectivity index (χ2n) is 3.80. The number of rotatable bonds is 5. The Morgan fingerprint density at radius 3 is 2.78 bits per heavy atom. The highest BCUT2D eigenvalue weighted by molar-refractivity contribution is 5.87. The molecule has 1 fully saturated rings. The van der Waals surface area contributed by atoms with Gasteiger partial charge >= 0.3 is 5.97 Å². The summed E-state index contributed by atoms with van der Waals surface area (Å²) in [5.74, 6) is -0.333. The molecule has 100 valence electrons. The minimum absolute atomic E-state index is 0.276. The molecule has 7 nitrogen and oxygen atoms in total. The molecule has 0 bridgehead atoms. The van der Waals surface area contributed by atoms with Crippen molar-refractivity contribution in [3.63, 3.8) is 0 Å². The van der Waals surface area contributed by atoms with E-state index in [1.165, 1.54) is 0 Å². The highest BCUT2D eigenvalue weighted by Gasteiger charge is 2.20. The van der Waals surface area contributed by atoms with Crippen molar-refractivity contribution in [1.29, 1.82) is 0 Å². The summed E-state index contributed by atoms with van der Waals surface area (Å²) < 4.78 is 15.5. The Bertz CT molecular complexity index is 355. The molecule has 0 aliphatic carbocycles. The molecule has 0 atom stereocenters. The summed E-state index contributed by atoms with van der Waals surface area (Å²) in [7, 11) is 0. The van der Waals surface area contributed by atoms with Crippen molar-refractivity contribution in [2.24, 2.45) is 5.11 Å². The summed E-state index contributed by atoms with van der Waals surface area (Å²) in [4.78, 5) is 14.0. The van der Waals surface area contributed by atoms with E-state index in [0.717, 1.165) is 0 Å². The SMILES string of the molecule is CCOC(=O)C(C)=CCC1OCC(N=[N+]=[N-])CO1. The Kier molecular flexibility index (Phi) is 6.21. The van der Waals surface area contributed by atoms with Crippen LogP contribution < -0.4 is 0 Å². The van der Waals surface area contributed by atoms with Gasteiger partial charge in [0.2, 0.25) is 0 Å². The lowest BCUT2D eigenvalue weighted by Gasteiger charge is -2.26. The van der Waals surface area contributed by atoms with E-state index in [4.69, 9.17) is 19.7 Å². The van der Waals surface area contributed by atoms with E-state index in [-0.39, 0.29) is 12.0 Å². The van der Waals surface area contributed by atoms with Crippen LogP contribution in [0.25, 0.3) is 10.4 Å². The summed E-state index contributed by atoms with van der Waals surface area (Å²) in [5.41, 5.74) is 8.79. The summed E-state index contributed by atoms with van der Waals surface area (Å²) in [6.07, 6.45) is 1.78. The fourth-order valence-electron chi connectivity index (χ4n) is 1.41. The smallest absolute Gasteiger partial charge is 0.333 e. The number of carbonyl (C=O) groups is 1. The summed E-state index contributed by atoms with van der Waals surface area (Å²) >= 11 is 0. The third kappa shape index (κ3) is 4.75. The molecule has 0 amide bonds. The van der Waals surface area contributed by atoms with E-state index in [0.29, 0.717) is 31.8 Å². The Labute approximate surface area is 105 Å². The number of ether oxygens (including phenoxy) is 3. The van der Waals surface area contributed by atoms with Crippen LogP contribution in [0.1, 0.15) is 20.3 Å². The first-order valence-corrected chi connectivity index (χ1v) is 5.78. The Morgan fingerprint density at radius 2 is 2.22 bits per heavy atom. The fourth-order valence-corrected chi connectivity index (χ4v) is 1.41. The third-order valence-corrected chi connectivity index (χ3v) is 2.38. The number of azide groups is 1. The van der Waals surface area contributed by atoms with Gasteiger partial charge in [0.25, 0.3) is 0 Å². The second kappa shape index (κ2) is 7.71. The van der Waals surface area contributed by atoms with Gasteiger partial charge in [-0.1, -0.05) is 11.2 Å². The number of esters is 1. The van der Waals surface area contributed by atoms with Gasteiger partial charge in [-0.25, -0.2) is 4.79 Å². The molecule has 1 saturated heterocycles. The first-order chi connectivity index (χ1) is 8.67. The van der Waals surface area contributed by atoms with Gasteiger partial charge in [-0.15, -0.1) is 0 Å². The molecule has 1 aliphatic heterocycles. The maximum Gasteiger partial charge on any atom is 0.333 e. The van der Waals surface area contributed by atoms with Gasteiger partial charge in [0.05, 0.1) is 25.9 Å². The molecule has 18 heavy (non-hydrogen) atoms. The van der Waals surface area contributed by atoms with Gasteiger partial charge in [0.1, 0.15) is 0 Å². The Morgan fingerprint density at radius 1 is 1.56 bits per heavy atom. The average molecular weight is 255 g/mol. The van der Waals surface area contributed by atoms with Crippen molar-refractivity contribution in [1.82, 2.24) is 0 Å². The normalized spacial score (nSPS) is 24.2. The molecule has 0 N–H and O–H groups in total.